The van der Waals surface area contributed by atoms with Crippen molar-refractivity contribution in [2.45, 2.75) is 19.9 Å². The molecule has 0 amide bonds. The highest BCUT2D eigenvalue weighted by atomic mass is 19.3. The van der Waals surface area contributed by atoms with Gasteiger partial charge in [-0.2, -0.15) is 0 Å². The molecular weight excluding hydrogens is 316 g/mol. The molecule has 0 saturated heterocycles. The third-order valence-corrected chi connectivity index (χ3v) is 3.84. The highest BCUT2D eigenvalue weighted by Crippen LogP contribution is 2.29. The molecular formula is C15H13F2N7. The van der Waals surface area contributed by atoms with Crippen LogP contribution < -0.4 is 5.73 Å². The molecule has 0 atom stereocenters. The van der Waals surface area contributed by atoms with Crippen molar-refractivity contribution in [1.82, 2.24) is 29.6 Å². The molecule has 4 rings (SSSR count). The van der Waals surface area contributed by atoms with Gasteiger partial charge in [-0.05, 0) is 30.7 Å². The zero-order valence-corrected chi connectivity index (χ0v) is 12.7. The first-order valence-electron chi connectivity index (χ1n) is 7.26. The standard InChI is InChI=1S/C15H13F2N7/c1-8-14-10(4-5-23(14)21-15(18)19-8)9-2-3-11-12(6-9)24(22-20-11)7-13(16)17/h2-6,13H,7H2,1H3,(H2,18,21). The lowest BCUT2D eigenvalue weighted by Gasteiger charge is -2.05. The van der Waals surface area contributed by atoms with Gasteiger partial charge >= 0.3 is 0 Å². The van der Waals surface area contributed by atoms with Crippen molar-refractivity contribution in [3.8, 4) is 11.1 Å². The smallest absolute Gasteiger partial charge is 0.258 e. The number of aromatic nitrogens is 6. The monoisotopic (exact) mass is 329 g/mol. The number of nitrogens with two attached hydrogens (primary N) is 1. The number of alkyl halides is 2. The second kappa shape index (κ2) is 5.22. The SMILES string of the molecule is Cc1nc(N)nn2ccc(-c3ccc4nnn(CC(F)F)c4c3)c12. The predicted molar refractivity (Wildman–Crippen MR) is 84.7 cm³/mol. The van der Waals surface area contributed by atoms with Gasteiger partial charge in [0.1, 0.15) is 12.1 Å². The van der Waals surface area contributed by atoms with Crippen LogP contribution in [0.25, 0.3) is 27.7 Å². The number of anilines is 1. The number of benzene rings is 1. The molecule has 0 aliphatic carbocycles. The van der Waals surface area contributed by atoms with Crippen LogP contribution in [0.15, 0.2) is 30.5 Å². The lowest BCUT2D eigenvalue weighted by atomic mass is 10.1. The Kier molecular flexibility index (Phi) is 3.15. The molecule has 4 aromatic rings. The number of aryl methyl sites for hydroxylation is 1. The molecule has 0 bridgehead atoms. The Morgan fingerprint density at radius 3 is 2.88 bits per heavy atom. The second-order valence-corrected chi connectivity index (χ2v) is 5.44. The van der Waals surface area contributed by atoms with Gasteiger partial charge in [0.25, 0.3) is 6.43 Å². The lowest BCUT2D eigenvalue weighted by molar-refractivity contribution is 0.122. The third kappa shape index (κ3) is 2.25. The highest BCUT2D eigenvalue weighted by molar-refractivity contribution is 5.88. The first-order chi connectivity index (χ1) is 11.5. The Hall–Kier alpha value is -3.10. The molecule has 0 unspecified atom stereocenters. The normalized spacial score (nSPS) is 11.8. The average Bonchev–Trinajstić information content (AvgIpc) is 3.11. The molecule has 2 N–H and O–H groups in total. The van der Waals surface area contributed by atoms with Crippen LogP contribution in [0.1, 0.15) is 5.69 Å². The first-order valence-corrected chi connectivity index (χ1v) is 7.26. The summed E-state index contributed by atoms with van der Waals surface area (Å²) in [5.41, 5.74) is 10.1. The van der Waals surface area contributed by atoms with E-state index < -0.39 is 13.0 Å². The van der Waals surface area contributed by atoms with Crippen molar-refractivity contribution in [3.05, 3.63) is 36.2 Å². The summed E-state index contributed by atoms with van der Waals surface area (Å²) in [6, 6.07) is 7.31. The molecule has 0 spiro atoms. The van der Waals surface area contributed by atoms with Crippen molar-refractivity contribution in [3.63, 3.8) is 0 Å². The van der Waals surface area contributed by atoms with E-state index in [0.717, 1.165) is 22.3 Å². The quantitative estimate of drug-likeness (QED) is 0.623. The van der Waals surface area contributed by atoms with Crippen molar-refractivity contribution in [2.24, 2.45) is 0 Å². The number of fused-ring (bicyclic) bond motifs is 2. The Morgan fingerprint density at radius 2 is 2.08 bits per heavy atom. The van der Waals surface area contributed by atoms with Crippen LogP contribution in [0.5, 0.6) is 0 Å². The van der Waals surface area contributed by atoms with Gasteiger partial charge in [0.15, 0.2) is 0 Å². The topological polar surface area (TPSA) is 86.9 Å². The fourth-order valence-corrected chi connectivity index (χ4v) is 2.85. The molecule has 7 nitrogen and oxygen atoms in total. The van der Waals surface area contributed by atoms with E-state index in [4.69, 9.17) is 5.73 Å². The number of hydrogen-bond donors (Lipinski definition) is 1. The summed E-state index contributed by atoms with van der Waals surface area (Å²) in [6.45, 7) is 1.35. The van der Waals surface area contributed by atoms with E-state index >= 15 is 0 Å². The number of halogens is 2. The molecule has 0 aliphatic rings. The number of rotatable bonds is 3. The minimum atomic E-state index is -2.49. The Morgan fingerprint density at radius 1 is 1.25 bits per heavy atom. The summed E-state index contributed by atoms with van der Waals surface area (Å²) in [5.74, 6) is 0.191. The molecule has 0 radical (unpaired) electrons. The van der Waals surface area contributed by atoms with Crippen LogP contribution in [0.2, 0.25) is 0 Å². The van der Waals surface area contributed by atoms with Gasteiger partial charge in [-0.15, -0.1) is 10.2 Å². The van der Waals surface area contributed by atoms with Gasteiger partial charge in [0.2, 0.25) is 5.95 Å². The zero-order valence-electron chi connectivity index (χ0n) is 12.7. The van der Waals surface area contributed by atoms with E-state index in [9.17, 15) is 8.78 Å². The van der Waals surface area contributed by atoms with Crippen LogP contribution in [0, 0.1) is 6.92 Å². The predicted octanol–water partition coefficient (Wildman–Crippen LogP) is 2.30. The van der Waals surface area contributed by atoms with Gasteiger partial charge in [0, 0.05) is 11.8 Å². The van der Waals surface area contributed by atoms with Crippen LogP contribution >= 0.6 is 0 Å². The number of hydrogen-bond acceptors (Lipinski definition) is 5. The van der Waals surface area contributed by atoms with E-state index in [1.54, 1.807) is 22.8 Å². The van der Waals surface area contributed by atoms with Gasteiger partial charge in [-0.3, -0.25) is 0 Å². The summed E-state index contributed by atoms with van der Waals surface area (Å²) in [5, 5.41) is 11.9. The fraction of sp³-hybridized carbons (Fsp3) is 0.200. The summed E-state index contributed by atoms with van der Waals surface area (Å²) >= 11 is 0. The zero-order chi connectivity index (χ0) is 16.8. The molecule has 3 aromatic heterocycles. The fourth-order valence-electron chi connectivity index (χ4n) is 2.85. The minimum Gasteiger partial charge on any atom is -0.367 e. The van der Waals surface area contributed by atoms with Gasteiger partial charge in [-0.1, -0.05) is 11.3 Å². The first kappa shape index (κ1) is 14.5. The molecule has 24 heavy (non-hydrogen) atoms. The van der Waals surface area contributed by atoms with E-state index in [2.05, 4.69) is 20.4 Å². The lowest BCUT2D eigenvalue weighted by Crippen LogP contribution is -2.08. The maximum Gasteiger partial charge on any atom is 0.258 e. The Balaban J connectivity index is 1.90. The summed E-state index contributed by atoms with van der Waals surface area (Å²) in [4.78, 5) is 4.19. The number of nitrogen functional groups attached to an aromatic ring is 1. The van der Waals surface area contributed by atoms with Crippen molar-refractivity contribution in [1.29, 1.82) is 0 Å². The highest BCUT2D eigenvalue weighted by Gasteiger charge is 2.14. The van der Waals surface area contributed by atoms with E-state index in [1.807, 2.05) is 19.1 Å². The van der Waals surface area contributed by atoms with E-state index in [1.165, 1.54) is 4.68 Å². The maximum atomic E-state index is 12.7. The molecule has 122 valence electrons. The molecule has 0 aliphatic heterocycles. The summed E-state index contributed by atoms with van der Waals surface area (Å²) in [7, 11) is 0. The van der Waals surface area contributed by atoms with Crippen LogP contribution in [-0.2, 0) is 6.54 Å². The average molecular weight is 329 g/mol. The maximum absolute atomic E-state index is 12.7. The van der Waals surface area contributed by atoms with Gasteiger partial charge in [-0.25, -0.2) is 23.0 Å². The molecule has 9 heteroatoms. The van der Waals surface area contributed by atoms with Crippen LogP contribution in [-0.4, -0.2) is 36.0 Å². The van der Waals surface area contributed by atoms with Gasteiger partial charge < -0.3 is 5.73 Å². The van der Waals surface area contributed by atoms with Crippen LogP contribution in [0.3, 0.4) is 0 Å². The summed E-state index contributed by atoms with van der Waals surface area (Å²) in [6.07, 6.45) is -0.707. The largest absolute Gasteiger partial charge is 0.367 e. The minimum absolute atomic E-state index is 0.191. The molecule has 1 aromatic carbocycles. The summed E-state index contributed by atoms with van der Waals surface area (Å²) < 4.78 is 28.2. The van der Waals surface area contributed by atoms with E-state index in [-0.39, 0.29) is 5.95 Å². The van der Waals surface area contributed by atoms with Crippen molar-refractivity contribution >= 4 is 22.5 Å². The van der Waals surface area contributed by atoms with Crippen LogP contribution in [0.4, 0.5) is 14.7 Å². The molecule has 0 saturated carbocycles. The Labute approximate surface area is 134 Å². The van der Waals surface area contributed by atoms with E-state index in [0.29, 0.717) is 11.0 Å². The number of nitrogens with zero attached hydrogens (tertiary/aromatic N) is 6. The van der Waals surface area contributed by atoms with Crippen molar-refractivity contribution < 1.29 is 8.78 Å². The van der Waals surface area contributed by atoms with Gasteiger partial charge in [0.05, 0.1) is 16.7 Å². The molecule has 3 heterocycles. The Bertz CT molecular complexity index is 1050. The molecule has 0 fully saturated rings. The third-order valence-electron chi connectivity index (χ3n) is 3.84. The second-order valence-electron chi connectivity index (χ2n) is 5.44. The van der Waals surface area contributed by atoms with Crippen molar-refractivity contribution in [2.75, 3.05) is 5.73 Å².